The number of hydrogen-bond donors (Lipinski definition) is 1. The first-order chi connectivity index (χ1) is 8.08. The second-order valence-corrected chi connectivity index (χ2v) is 4.47. The molecule has 3 nitrogen and oxygen atoms in total. The monoisotopic (exact) mass is 303 g/mol. The molecule has 0 radical (unpaired) electrons. The van der Waals surface area contributed by atoms with Crippen LogP contribution in [0.2, 0.25) is 0 Å². The Labute approximate surface area is 108 Å². The molecule has 1 rings (SSSR count). The molecule has 1 aromatic carbocycles. The van der Waals surface area contributed by atoms with Crippen molar-refractivity contribution >= 4 is 21.8 Å². The van der Waals surface area contributed by atoms with E-state index in [-0.39, 0.29) is 11.7 Å². The molecule has 1 unspecified atom stereocenters. The Balaban J connectivity index is 2.69. The summed E-state index contributed by atoms with van der Waals surface area (Å²) in [6.45, 7) is 2.59. The van der Waals surface area contributed by atoms with Crippen LogP contribution in [0.25, 0.3) is 0 Å². The minimum absolute atomic E-state index is 0.0752. The van der Waals surface area contributed by atoms with E-state index in [1.54, 1.807) is 0 Å². The molecule has 17 heavy (non-hydrogen) atoms. The summed E-state index contributed by atoms with van der Waals surface area (Å²) in [5, 5.41) is 3.59. The third-order valence-electron chi connectivity index (χ3n) is 2.29. The minimum atomic E-state index is -0.474. The van der Waals surface area contributed by atoms with Crippen LogP contribution in [0, 0.1) is 11.7 Å². The average Bonchev–Trinajstić information content (AvgIpc) is 2.35. The van der Waals surface area contributed by atoms with Gasteiger partial charge in [-0.15, -0.1) is 0 Å². The minimum Gasteiger partial charge on any atom is -0.494 e. The summed E-state index contributed by atoms with van der Waals surface area (Å²) < 4.78 is 18.0. The first-order valence-corrected chi connectivity index (χ1v) is 6.38. The number of carbonyl (C=O) groups is 1. The quantitative estimate of drug-likeness (QED) is 0.849. The van der Waals surface area contributed by atoms with Crippen LogP contribution in [0.4, 0.5) is 4.39 Å². The molecule has 1 atom stereocenters. The van der Waals surface area contributed by atoms with Crippen LogP contribution in [0.3, 0.4) is 0 Å². The smallest absolute Gasteiger partial charge is 0.251 e. The fraction of sp³-hybridized carbons (Fsp3) is 0.417. The summed E-state index contributed by atoms with van der Waals surface area (Å²) >= 11 is 3.33. The van der Waals surface area contributed by atoms with Crippen LogP contribution in [-0.4, -0.2) is 24.9 Å². The van der Waals surface area contributed by atoms with Gasteiger partial charge in [0.05, 0.1) is 7.11 Å². The van der Waals surface area contributed by atoms with E-state index in [2.05, 4.69) is 21.2 Å². The van der Waals surface area contributed by atoms with E-state index in [0.29, 0.717) is 18.0 Å². The van der Waals surface area contributed by atoms with Gasteiger partial charge >= 0.3 is 0 Å². The second kappa shape index (κ2) is 6.59. The number of benzene rings is 1. The summed E-state index contributed by atoms with van der Waals surface area (Å²) in [6.07, 6.45) is 0. The zero-order chi connectivity index (χ0) is 12.8. The van der Waals surface area contributed by atoms with Gasteiger partial charge in [-0.3, -0.25) is 4.79 Å². The molecule has 5 heteroatoms. The first kappa shape index (κ1) is 14.0. The fourth-order valence-corrected chi connectivity index (χ4v) is 1.45. The molecular formula is C12H15BrFNO2. The fourth-order valence-electron chi connectivity index (χ4n) is 1.22. The molecule has 1 amide bonds. The molecule has 0 saturated heterocycles. The number of halogens is 2. The predicted molar refractivity (Wildman–Crippen MR) is 68.2 cm³/mol. The summed E-state index contributed by atoms with van der Waals surface area (Å²) in [7, 11) is 1.37. The lowest BCUT2D eigenvalue weighted by molar-refractivity contribution is 0.0949. The van der Waals surface area contributed by atoms with Crippen molar-refractivity contribution in [3.63, 3.8) is 0 Å². The van der Waals surface area contributed by atoms with E-state index in [1.807, 2.05) is 6.92 Å². The lowest BCUT2D eigenvalue weighted by Gasteiger charge is -2.10. The average molecular weight is 304 g/mol. The Morgan fingerprint density at radius 2 is 2.29 bits per heavy atom. The highest BCUT2D eigenvalue weighted by molar-refractivity contribution is 9.09. The van der Waals surface area contributed by atoms with Gasteiger partial charge in [-0.1, -0.05) is 22.9 Å². The summed E-state index contributed by atoms with van der Waals surface area (Å²) in [5.41, 5.74) is 0.394. The predicted octanol–water partition coefficient (Wildman–Crippen LogP) is 2.60. The zero-order valence-corrected chi connectivity index (χ0v) is 11.4. The number of alkyl halides is 1. The van der Waals surface area contributed by atoms with Gasteiger partial charge < -0.3 is 10.1 Å². The number of carbonyl (C=O) groups excluding carboxylic acids is 1. The number of methoxy groups -OCH3 is 1. The van der Waals surface area contributed by atoms with Crippen molar-refractivity contribution in [2.45, 2.75) is 6.92 Å². The number of rotatable bonds is 5. The Kier molecular flexibility index (Phi) is 5.41. The summed E-state index contributed by atoms with van der Waals surface area (Å²) in [4.78, 5) is 11.7. The van der Waals surface area contributed by atoms with Crippen molar-refractivity contribution in [1.29, 1.82) is 0 Å². The molecule has 0 bridgehead atoms. The van der Waals surface area contributed by atoms with Crippen LogP contribution in [-0.2, 0) is 0 Å². The largest absolute Gasteiger partial charge is 0.494 e. The molecule has 0 spiro atoms. The van der Waals surface area contributed by atoms with Gasteiger partial charge in [0.25, 0.3) is 5.91 Å². The normalized spacial score (nSPS) is 12.0. The molecule has 1 N–H and O–H groups in total. The van der Waals surface area contributed by atoms with Gasteiger partial charge in [0, 0.05) is 17.4 Å². The Morgan fingerprint density at radius 1 is 1.59 bits per heavy atom. The number of nitrogens with one attached hydrogen (secondary N) is 1. The molecular weight excluding hydrogens is 289 g/mol. The Hall–Kier alpha value is -1.10. The van der Waals surface area contributed by atoms with Crippen molar-refractivity contribution < 1.29 is 13.9 Å². The number of hydrogen-bond acceptors (Lipinski definition) is 2. The van der Waals surface area contributed by atoms with Crippen molar-refractivity contribution in [2.24, 2.45) is 5.92 Å². The van der Waals surface area contributed by atoms with Crippen molar-refractivity contribution in [2.75, 3.05) is 19.0 Å². The van der Waals surface area contributed by atoms with Crippen molar-refractivity contribution in [3.8, 4) is 5.75 Å². The molecule has 0 aliphatic carbocycles. The lowest BCUT2D eigenvalue weighted by atomic mass is 10.1. The van der Waals surface area contributed by atoms with Gasteiger partial charge in [-0.05, 0) is 24.1 Å². The third-order valence-corrected chi connectivity index (χ3v) is 3.39. The van der Waals surface area contributed by atoms with E-state index in [9.17, 15) is 9.18 Å². The van der Waals surface area contributed by atoms with Crippen LogP contribution >= 0.6 is 15.9 Å². The van der Waals surface area contributed by atoms with Crippen LogP contribution in [0.1, 0.15) is 17.3 Å². The molecule has 1 aromatic rings. The van der Waals surface area contributed by atoms with Gasteiger partial charge in [-0.25, -0.2) is 4.39 Å². The molecule has 0 fully saturated rings. The first-order valence-electron chi connectivity index (χ1n) is 5.26. The topological polar surface area (TPSA) is 38.3 Å². The van der Waals surface area contributed by atoms with Crippen molar-refractivity contribution in [3.05, 3.63) is 29.6 Å². The second-order valence-electron chi connectivity index (χ2n) is 3.82. The SMILES string of the molecule is COc1cc(C(=O)NCC(C)CBr)ccc1F. The van der Waals surface area contributed by atoms with Gasteiger partial charge in [0.2, 0.25) is 0 Å². The van der Waals surface area contributed by atoms with E-state index >= 15 is 0 Å². The van der Waals surface area contributed by atoms with Crippen LogP contribution < -0.4 is 10.1 Å². The summed E-state index contributed by atoms with van der Waals surface area (Å²) in [6, 6.07) is 4.05. The third kappa shape index (κ3) is 4.00. The van der Waals surface area contributed by atoms with E-state index < -0.39 is 5.82 Å². The van der Waals surface area contributed by atoms with E-state index in [4.69, 9.17) is 4.74 Å². The molecule has 0 heterocycles. The standard InChI is InChI=1S/C12H15BrFNO2/c1-8(6-13)7-15-12(16)9-3-4-10(14)11(5-9)17-2/h3-5,8H,6-7H2,1-2H3,(H,15,16). The van der Waals surface area contributed by atoms with Gasteiger partial charge in [0.15, 0.2) is 11.6 Å². The molecule has 0 aromatic heterocycles. The Bertz CT molecular complexity index is 398. The lowest BCUT2D eigenvalue weighted by Crippen LogP contribution is -2.28. The number of ether oxygens (including phenoxy) is 1. The van der Waals surface area contributed by atoms with Crippen molar-refractivity contribution in [1.82, 2.24) is 5.32 Å². The maximum Gasteiger partial charge on any atom is 0.251 e. The molecule has 0 aliphatic heterocycles. The summed E-state index contributed by atoms with van der Waals surface area (Å²) in [5.74, 6) is -0.276. The van der Waals surface area contributed by atoms with Crippen LogP contribution in [0.15, 0.2) is 18.2 Å². The highest BCUT2D eigenvalue weighted by Gasteiger charge is 2.10. The number of amides is 1. The van der Waals surface area contributed by atoms with E-state index in [1.165, 1.54) is 25.3 Å². The maximum atomic E-state index is 13.1. The highest BCUT2D eigenvalue weighted by Crippen LogP contribution is 2.18. The van der Waals surface area contributed by atoms with Gasteiger partial charge in [0.1, 0.15) is 0 Å². The van der Waals surface area contributed by atoms with Gasteiger partial charge in [-0.2, -0.15) is 0 Å². The molecule has 0 aliphatic rings. The highest BCUT2D eigenvalue weighted by atomic mass is 79.9. The molecule has 0 saturated carbocycles. The van der Waals surface area contributed by atoms with Crippen LogP contribution in [0.5, 0.6) is 5.75 Å². The Morgan fingerprint density at radius 3 is 2.88 bits per heavy atom. The molecule has 94 valence electrons. The zero-order valence-electron chi connectivity index (χ0n) is 9.80. The maximum absolute atomic E-state index is 13.1. The van der Waals surface area contributed by atoms with E-state index in [0.717, 1.165) is 5.33 Å².